The van der Waals surface area contributed by atoms with E-state index in [9.17, 15) is 0 Å². The molecule has 5 rings (SSSR count). The van der Waals surface area contributed by atoms with E-state index in [0.29, 0.717) is 10.9 Å². The van der Waals surface area contributed by atoms with E-state index in [1.54, 1.807) is 10.5 Å². The van der Waals surface area contributed by atoms with Crippen LogP contribution in [0.3, 0.4) is 0 Å². The monoisotopic (exact) mass is 323 g/mol. The maximum absolute atomic E-state index is 2.48. The van der Waals surface area contributed by atoms with E-state index in [2.05, 4.69) is 36.4 Å². The van der Waals surface area contributed by atoms with E-state index in [-0.39, 0.29) is 0 Å². The molecule has 3 atom stereocenters. The molecular formula is C22H27S+. The molecule has 3 fully saturated rings. The molecule has 2 aromatic carbocycles. The molecule has 2 aromatic rings. The predicted molar refractivity (Wildman–Crippen MR) is 101 cm³/mol. The lowest BCUT2D eigenvalue weighted by Gasteiger charge is -2.21. The zero-order valence-electron chi connectivity index (χ0n) is 14.0. The quantitative estimate of drug-likeness (QED) is 0.646. The van der Waals surface area contributed by atoms with Crippen LogP contribution in [0, 0.1) is 17.8 Å². The van der Waals surface area contributed by atoms with Gasteiger partial charge in [0.2, 0.25) is 0 Å². The minimum absolute atomic E-state index is 0.543. The first kappa shape index (κ1) is 14.4. The van der Waals surface area contributed by atoms with Crippen LogP contribution in [0.15, 0.2) is 41.3 Å². The highest BCUT2D eigenvalue weighted by molar-refractivity contribution is 7.97. The van der Waals surface area contributed by atoms with Gasteiger partial charge in [0.05, 0.1) is 0 Å². The van der Waals surface area contributed by atoms with Gasteiger partial charge in [0.15, 0.2) is 4.90 Å². The van der Waals surface area contributed by atoms with Gasteiger partial charge in [0.25, 0.3) is 0 Å². The molecule has 3 aliphatic rings. The maximum atomic E-state index is 2.48. The van der Waals surface area contributed by atoms with Crippen LogP contribution in [0.25, 0.3) is 10.8 Å². The van der Waals surface area contributed by atoms with E-state index >= 15 is 0 Å². The Morgan fingerprint density at radius 2 is 1.70 bits per heavy atom. The number of rotatable bonds is 3. The zero-order valence-corrected chi connectivity index (χ0v) is 14.8. The van der Waals surface area contributed by atoms with Crippen molar-refractivity contribution in [2.45, 2.75) is 49.8 Å². The van der Waals surface area contributed by atoms with E-state index < -0.39 is 0 Å². The number of fused-ring (bicyclic) bond motifs is 3. The van der Waals surface area contributed by atoms with Crippen molar-refractivity contribution in [2.24, 2.45) is 17.8 Å². The second-order valence-corrected chi connectivity index (χ2v) is 10.4. The fraction of sp³-hybridized carbons (Fsp3) is 0.545. The first-order chi connectivity index (χ1) is 11.3. The summed E-state index contributed by atoms with van der Waals surface area (Å²) in [5.41, 5.74) is 1.58. The van der Waals surface area contributed by atoms with Crippen molar-refractivity contribution >= 4 is 21.7 Å². The summed E-state index contributed by atoms with van der Waals surface area (Å²) < 4.78 is 0. The van der Waals surface area contributed by atoms with Gasteiger partial charge in [-0.15, -0.1) is 0 Å². The summed E-state index contributed by atoms with van der Waals surface area (Å²) in [6.45, 7) is 0. The van der Waals surface area contributed by atoms with Crippen LogP contribution in [0.1, 0.15) is 44.1 Å². The summed E-state index contributed by atoms with van der Waals surface area (Å²) in [7, 11) is 0.543. The first-order valence-corrected chi connectivity index (χ1v) is 11.1. The zero-order chi connectivity index (χ0) is 15.2. The van der Waals surface area contributed by atoms with Crippen LogP contribution in [-0.2, 0) is 17.3 Å². The lowest BCUT2D eigenvalue weighted by Crippen LogP contribution is -2.13. The van der Waals surface area contributed by atoms with Crippen molar-refractivity contribution in [1.29, 1.82) is 0 Å². The Morgan fingerprint density at radius 1 is 0.870 bits per heavy atom. The van der Waals surface area contributed by atoms with E-state index in [0.717, 1.165) is 17.8 Å². The second-order valence-electron chi connectivity index (χ2n) is 8.09. The Hall–Kier alpha value is -0.950. The Kier molecular flexibility index (Phi) is 3.66. The molecule has 0 radical (unpaired) electrons. The molecule has 0 N–H and O–H groups in total. The average molecular weight is 324 g/mol. The first-order valence-electron chi connectivity index (χ1n) is 9.55. The van der Waals surface area contributed by atoms with Gasteiger partial charge in [-0.05, 0) is 84.7 Å². The number of benzene rings is 2. The molecular weight excluding hydrogens is 296 g/mol. The third kappa shape index (κ3) is 2.71. The summed E-state index contributed by atoms with van der Waals surface area (Å²) in [4.78, 5) is 1.61. The van der Waals surface area contributed by atoms with Crippen molar-refractivity contribution in [2.75, 3.05) is 11.5 Å². The normalized spacial score (nSPS) is 30.5. The highest BCUT2D eigenvalue weighted by Gasteiger charge is 2.39. The van der Waals surface area contributed by atoms with Gasteiger partial charge in [-0.1, -0.05) is 24.6 Å². The lowest BCUT2D eigenvalue weighted by atomic mass is 9.84. The fourth-order valence-corrected chi connectivity index (χ4v) is 7.73. The van der Waals surface area contributed by atoms with E-state index in [1.165, 1.54) is 67.2 Å². The van der Waals surface area contributed by atoms with Gasteiger partial charge in [-0.3, -0.25) is 0 Å². The topological polar surface area (TPSA) is 0 Å². The predicted octanol–water partition coefficient (Wildman–Crippen LogP) is 5.59. The molecule has 1 heterocycles. The minimum Gasteiger partial charge on any atom is -0.0584 e. The molecule has 0 spiro atoms. The van der Waals surface area contributed by atoms with Crippen molar-refractivity contribution in [1.82, 2.24) is 0 Å². The molecule has 2 bridgehead atoms. The number of hydrogen-bond acceptors (Lipinski definition) is 0. The van der Waals surface area contributed by atoms with Crippen LogP contribution in [-0.4, -0.2) is 11.5 Å². The Balaban J connectivity index is 1.38. The Bertz CT molecular complexity index is 713. The van der Waals surface area contributed by atoms with E-state index in [4.69, 9.17) is 0 Å². The van der Waals surface area contributed by atoms with Gasteiger partial charge in [-0.25, -0.2) is 0 Å². The van der Waals surface area contributed by atoms with Crippen molar-refractivity contribution in [3.63, 3.8) is 0 Å². The molecule has 1 saturated heterocycles. The summed E-state index contributed by atoms with van der Waals surface area (Å²) in [5, 5.41) is 2.91. The molecule has 1 aliphatic heterocycles. The average Bonchev–Trinajstić information content (AvgIpc) is 3.32. The minimum atomic E-state index is 0.543. The molecule has 0 amide bonds. The van der Waals surface area contributed by atoms with Gasteiger partial charge < -0.3 is 0 Å². The van der Waals surface area contributed by atoms with Crippen molar-refractivity contribution in [3.05, 3.63) is 42.0 Å². The fourth-order valence-electron chi connectivity index (χ4n) is 5.40. The SMILES string of the molecule is c1cc2cc([S+]3CCCC3)ccc2cc1CC1CC2CCC1C2. The third-order valence-electron chi connectivity index (χ3n) is 6.62. The smallest absolute Gasteiger partial charge is 0.0584 e. The van der Waals surface area contributed by atoms with Crippen molar-refractivity contribution < 1.29 is 0 Å². The summed E-state index contributed by atoms with van der Waals surface area (Å²) >= 11 is 0. The van der Waals surface area contributed by atoms with Crippen LogP contribution in [0.2, 0.25) is 0 Å². The molecule has 0 nitrogen and oxygen atoms in total. The van der Waals surface area contributed by atoms with Crippen LogP contribution in [0.5, 0.6) is 0 Å². The summed E-state index contributed by atoms with van der Waals surface area (Å²) in [6.07, 6.45) is 10.3. The molecule has 120 valence electrons. The Morgan fingerprint density at radius 3 is 2.48 bits per heavy atom. The summed E-state index contributed by atoms with van der Waals surface area (Å²) in [5.74, 6) is 5.94. The van der Waals surface area contributed by atoms with Crippen LogP contribution < -0.4 is 0 Å². The molecule has 23 heavy (non-hydrogen) atoms. The maximum Gasteiger partial charge on any atom is 0.155 e. The lowest BCUT2D eigenvalue weighted by molar-refractivity contribution is 0.331. The molecule has 0 aromatic heterocycles. The summed E-state index contributed by atoms with van der Waals surface area (Å²) in [6, 6.07) is 14.6. The van der Waals surface area contributed by atoms with Gasteiger partial charge in [-0.2, -0.15) is 0 Å². The molecule has 3 unspecified atom stereocenters. The standard InChI is InChI=1S/C22H27S/c1-2-10-23(9-1)22-8-7-18-11-16(4-6-20(18)15-22)13-21-14-17-3-5-19(21)12-17/h4,6-8,11,15,17,19,21H,1-3,5,9-10,12-14H2/q+1. The van der Waals surface area contributed by atoms with Gasteiger partial charge >= 0.3 is 0 Å². The molecule has 2 aliphatic carbocycles. The second kappa shape index (κ2) is 5.84. The third-order valence-corrected chi connectivity index (χ3v) is 9.11. The molecule has 2 saturated carbocycles. The Labute approximate surface area is 143 Å². The van der Waals surface area contributed by atoms with Crippen LogP contribution in [0.4, 0.5) is 0 Å². The molecule has 1 heteroatoms. The highest BCUT2D eigenvalue weighted by Crippen LogP contribution is 2.49. The largest absolute Gasteiger partial charge is 0.155 e. The van der Waals surface area contributed by atoms with E-state index in [1.807, 2.05) is 0 Å². The number of hydrogen-bond donors (Lipinski definition) is 0. The highest BCUT2D eigenvalue weighted by atomic mass is 32.2. The van der Waals surface area contributed by atoms with Crippen molar-refractivity contribution in [3.8, 4) is 0 Å². The van der Waals surface area contributed by atoms with Crippen LogP contribution >= 0.6 is 0 Å². The van der Waals surface area contributed by atoms with Gasteiger partial charge in [0.1, 0.15) is 11.5 Å². The van der Waals surface area contributed by atoms with Gasteiger partial charge in [0, 0.05) is 17.0 Å².